The zero-order valence-electron chi connectivity index (χ0n) is 10.6. The lowest BCUT2D eigenvalue weighted by Crippen LogP contribution is -2.23. The van der Waals surface area contributed by atoms with Crippen molar-refractivity contribution in [2.24, 2.45) is 0 Å². The fourth-order valence-corrected chi connectivity index (χ4v) is 1.80. The number of hydrogen-bond donors (Lipinski definition) is 0. The predicted molar refractivity (Wildman–Crippen MR) is 73.2 cm³/mol. The quantitative estimate of drug-likeness (QED) is 0.680. The van der Waals surface area contributed by atoms with E-state index in [2.05, 4.69) is 0 Å². The van der Waals surface area contributed by atoms with E-state index in [-0.39, 0.29) is 6.29 Å². The molecule has 0 aliphatic rings. The summed E-state index contributed by atoms with van der Waals surface area (Å²) in [6, 6.07) is 5.29. The summed E-state index contributed by atoms with van der Waals surface area (Å²) >= 11 is 11.9. The molecule has 0 radical (unpaired) electrons. The molecule has 0 bridgehead atoms. The van der Waals surface area contributed by atoms with Gasteiger partial charge in [0.15, 0.2) is 6.29 Å². The Bertz CT molecular complexity index is 352. The Hall–Kier alpha value is -0.320. The fraction of sp³-hybridized carbons (Fsp3) is 0.538. The summed E-state index contributed by atoms with van der Waals surface area (Å²) in [4.78, 5) is 0. The molecule has 0 amide bonds. The third-order valence-corrected chi connectivity index (χ3v) is 2.83. The number of benzene rings is 1. The van der Waals surface area contributed by atoms with Gasteiger partial charge in [-0.25, -0.2) is 0 Å². The van der Waals surface area contributed by atoms with Crippen LogP contribution in [0.3, 0.4) is 0 Å². The van der Waals surface area contributed by atoms with Gasteiger partial charge in [0.2, 0.25) is 0 Å². The molecule has 0 atom stereocenters. The van der Waals surface area contributed by atoms with Crippen LogP contribution < -0.4 is 0 Å². The van der Waals surface area contributed by atoms with Crippen LogP contribution in [0.5, 0.6) is 0 Å². The van der Waals surface area contributed by atoms with Gasteiger partial charge in [0.05, 0.1) is 13.2 Å². The molecular weight excluding hydrogens is 275 g/mol. The second kappa shape index (κ2) is 8.73. The van der Waals surface area contributed by atoms with E-state index < -0.39 is 0 Å². The molecule has 1 rings (SSSR count). The first-order chi connectivity index (χ1) is 8.67. The standard InChI is InChI=1S/C13H18Cl2O3/c1-3-17-13(18-4-2)9-16-8-10-7-11(14)5-6-12(10)15/h5-7,13H,3-4,8-9H2,1-2H3. The maximum atomic E-state index is 6.03. The number of hydrogen-bond acceptors (Lipinski definition) is 3. The van der Waals surface area contributed by atoms with Gasteiger partial charge in [-0.2, -0.15) is 0 Å². The Kier molecular flexibility index (Phi) is 7.63. The second-order valence-corrected chi connectivity index (χ2v) is 4.43. The van der Waals surface area contributed by atoms with Crippen LogP contribution >= 0.6 is 23.2 Å². The molecule has 0 aliphatic carbocycles. The number of rotatable bonds is 8. The van der Waals surface area contributed by atoms with Crippen LogP contribution in [0.15, 0.2) is 18.2 Å². The lowest BCUT2D eigenvalue weighted by Gasteiger charge is -2.17. The maximum Gasteiger partial charge on any atom is 0.180 e. The summed E-state index contributed by atoms with van der Waals surface area (Å²) in [5, 5.41) is 1.29. The molecule has 0 heterocycles. The third-order valence-electron chi connectivity index (χ3n) is 2.22. The summed E-state index contributed by atoms with van der Waals surface area (Å²) in [6.07, 6.45) is -0.335. The van der Waals surface area contributed by atoms with E-state index in [1.807, 2.05) is 13.8 Å². The van der Waals surface area contributed by atoms with Crippen LogP contribution in [-0.4, -0.2) is 26.1 Å². The van der Waals surface area contributed by atoms with Gasteiger partial charge in [0, 0.05) is 23.3 Å². The zero-order valence-corrected chi connectivity index (χ0v) is 12.1. The molecular formula is C13H18Cl2O3. The van der Waals surface area contributed by atoms with E-state index >= 15 is 0 Å². The summed E-state index contributed by atoms with van der Waals surface area (Å²) in [5.74, 6) is 0. The molecule has 0 saturated carbocycles. The van der Waals surface area contributed by atoms with Crippen LogP contribution in [0, 0.1) is 0 Å². The van der Waals surface area contributed by atoms with Crippen molar-refractivity contribution in [1.29, 1.82) is 0 Å². The van der Waals surface area contributed by atoms with E-state index in [1.165, 1.54) is 0 Å². The first-order valence-corrected chi connectivity index (χ1v) is 6.67. The highest BCUT2D eigenvalue weighted by Crippen LogP contribution is 2.21. The van der Waals surface area contributed by atoms with Gasteiger partial charge in [0.25, 0.3) is 0 Å². The summed E-state index contributed by atoms with van der Waals surface area (Å²) < 4.78 is 16.3. The van der Waals surface area contributed by atoms with Crippen molar-refractivity contribution in [3.05, 3.63) is 33.8 Å². The fourth-order valence-electron chi connectivity index (χ4n) is 1.44. The maximum absolute atomic E-state index is 6.03. The normalized spacial score (nSPS) is 11.2. The Morgan fingerprint density at radius 3 is 2.39 bits per heavy atom. The lowest BCUT2D eigenvalue weighted by molar-refractivity contribution is -0.169. The molecule has 0 N–H and O–H groups in total. The van der Waals surface area contributed by atoms with Crippen LogP contribution in [0.1, 0.15) is 19.4 Å². The molecule has 0 aromatic heterocycles. The Labute approximate surface area is 118 Å². The van der Waals surface area contributed by atoms with E-state index in [4.69, 9.17) is 37.4 Å². The molecule has 0 saturated heterocycles. The molecule has 0 aliphatic heterocycles. The van der Waals surface area contributed by atoms with Crippen molar-refractivity contribution >= 4 is 23.2 Å². The SMILES string of the molecule is CCOC(COCc1cc(Cl)ccc1Cl)OCC. The average Bonchev–Trinajstić information content (AvgIpc) is 2.34. The lowest BCUT2D eigenvalue weighted by atomic mass is 10.2. The number of ether oxygens (including phenoxy) is 3. The van der Waals surface area contributed by atoms with Gasteiger partial charge >= 0.3 is 0 Å². The molecule has 1 aromatic rings. The second-order valence-electron chi connectivity index (χ2n) is 3.59. The van der Waals surface area contributed by atoms with Crippen molar-refractivity contribution < 1.29 is 14.2 Å². The molecule has 0 spiro atoms. The highest BCUT2D eigenvalue weighted by molar-refractivity contribution is 6.33. The first kappa shape index (κ1) is 15.7. The van der Waals surface area contributed by atoms with Crippen LogP contribution in [-0.2, 0) is 20.8 Å². The van der Waals surface area contributed by atoms with Gasteiger partial charge in [-0.05, 0) is 37.6 Å². The summed E-state index contributed by atoms with van der Waals surface area (Å²) in [5.41, 5.74) is 0.857. The Morgan fingerprint density at radius 2 is 1.78 bits per heavy atom. The summed E-state index contributed by atoms with van der Waals surface area (Å²) in [6.45, 7) is 5.76. The van der Waals surface area contributed by atoms with Gasteiger partial charge < -0.3 is 14.2 Å². The van der Waals surface area contributed by atoms with Crippen molar-refractivity contribution in [2.75, 3.05) is 19.8 Å². The smallest absolute Gasteiger partial charge is 0.180 e. The molecule has 18 heavy (non-hydrogen) atoms. The largest absolute Gasteiger partial charge is 0.371 e. The Balaban J connectivity index is 2.41. The van der Waals surface area contributed by atoms with E-state index in [1.54, 1.807) is 18.2 Å². The summed E-state index contributed by atoms with van der Waals surface area (Å²) in [7, 11) is 0. The van der Waals surface area contributed by atoms with Gasteiger partial charge in [0.1, 0.15) is 0 Å². The average molecular weight is 293 g/mol. The minimum Gasteiger partial charge on any atom is -0.371 e. The van der Waals surface area contributed by atoms with E-state index in [0.717, 1.165) is 5.56 Å². The van der Waals surface area contributed by atoms with Gasteiger partial charge in [-0.1, -0.05) is 23.2 Å². The predicted octanol–water partition coefficient (Wildman–Crippen LogP) is 3.91. The van der Waals surface area contributed by atoms with Crippen LogP contribution in [0.4, 0.5) is 0 Å². The molecule has 1 aromatic carbocycles. The third kappa shape index (κ3) is 5.55. The minimum atomic E-state index is -0.335. The van der Waals surface area contributed by atoms with Crippen molar-refractivity contribution in [2.45, 2.75) is 26.7 Å². The number of halogens is 2. The molecule has 3 nitrogen and oxygen atoms in total. The highest BCUT2D eigenvalue weighted by Gasteiger charge is 2.09. The first-order valence-electron chi connectivity index (χ1n) is 5.92. The topological polar surface area (TPSA) is 27.7 Å². The van der Waals surface area contributed by atoms with Crippen LogP contribution in [0.25, 0.3) is 0 Å². The van der Waals surface area contributed by atoms with E-state index in [0.29, 0.717) is 36.5 Å². The molecule has 0 fully saturated rings. The highest BCUT2D eigenvalue weighted by atomic mass is 35.5. The molecule has 5 heteroatoms. The molecule has 102 valence electrons. The van der Waals surface area contributed by atoms with Gasteiger partial charge in [-0.3, -0.25) is 0 Å². The van der Waals surface area contributed by atoms with Crippen LogP contribution in [0.2, 0.25) is 10.0 Å². The van der Waals surface area contributed by atoms with Gasteiger partial charge in [-0.15, -0.1) is 0 Å². The van der Waals surface area contributed by atoms with Crippen molar-refractivity contribution in [1.82, 2.24) is 0 Å². The van der Waals surface area contributed by atoms with Crippen molar-refractivity contribution in [3.8, 4) is 0 Å². The monoisotopic (exact) mass is 292 g/mol. The molecule has 0 unspecified atom stereocenters. The van der Waals surface area contributed by atoms with E-state index in [9.17, 15) is 0 Å². The van der Waals surface area contributed by atoms with Crippen molar-refractivity contribution in [3.63, 3.8) is 0 Å². The Morgan fingerprint density at radius 1 is 1.11 bits per heavy atom. The zero-order chi connectivity index (χ0) is 13.4. The minimum absolute atomic E-state index is 0.335.